The molecule has 4 nitrogen and oxygen atoms in total. The summed E-state index contributed by atoms with van der Waals surface area (Å²) < 4.78 is 2.24. The van der Waals surface area contributed by atoms with E-state index in [2.05, 4.69) is 39.2 Å². The predicted molar refractivity (Wildman–Crippen MR) is 110 cm³/mol. The van der Waals surface area contributed by atoms with Gasteiger partial charge < -0.3 is 9.47 Å². The second kappa shape index (κ2) is 9.58. The predicted octanol–water partition coefficient (Wildman–Crippen LogP) is 5.00. The van der Waals surface area contributed by atoms with Crippen LogP contribution in [0.4, 0.5) is 0 Å². The molecule has 26 heavy (non-hydrogen) atoms. The molecule has 1 saturated heterocycles. The first-order chi connectivity index (χ1) is 12.7. The van der Waals surface area contributed by atoms with E-state index < -0.39 is 0 Å². The van der Waals surface area contributed by atoms with Crippen LogP contribution < -0.4 is 0 Å². The molecule has 0 saturated carbocycles. The zero-order valence-corrected chi connectivity index (χ0v) is 17.0. The number of rotatable bonds is 8. The smallest absolute Gasteiger partial charge is 0.191 e. The largest absolute Gasteiger partial charge is 0.303 e. The van der Waals surface area contributed by atoms with E-state index in [9.17, 15) is 0 Å². The number of nitrogens with zero attached hydrogens (tertiary/aromatic N) is 4. The zero-order chi connectivity index (χ0) is 18.4. The Kier molecular flexibility index (Phi) is 7.17. The number of piperidine rings is 1. The van der Waals surface area contributed by atoms with Gasteiger partial charge in [0.15, 0.2) is 5.16 Å². The van der Waals surface area contributed by atoms with Gasteiger partial charge in [0.2, 0.25) is 0 Å². The SMILES string of the molecule is C=CCn1c(SCc2cccc(Cl)c2)nnc1C1CCN(CCC)CC1. The molecule has 0 amide bonds. The van der Waals surface area contributed by atoms with E-state index in [1.54, 1.807) is 11.8 Å². The third kappa shape index (κ3) is 4.90. The molecule has 140 valence electrons. The molecule has 1 aromatic carbocycles. The van der Waals surface area contributed by atoms with Crippen molar-refractivity contribution < 1.29 is 0 Å². The van der Waals surface area contributed by atoms with Gasteiger partial charge in [-0.15, -0.1) is 16.8 Å². The monoisotopic (exact) mass is 390 g/mol. The minimum absolute atomic E-state index is 0.496. The average molecular weight is 391 g/mol. The second-order valence-electron chi connectivity index (χ2n) is 6.77. The number of hydrogen-bond donors (Lipinski definition) is 0. The van der Waals surface area contributed by atoms with Crippen molar-refractivity contribution in [1.29, 1.82) is 0 Å². The normalized spacial score (nSPS) is 16.1. The lowest BCUT2D eigenvalue weighted by Gasteiger charge is -2.31. The topological polar surface area (TPSA) is 34.0 Å². The lowest BCUT2D eigenvalue weighted by atomic mass is 9.96. The number of likely N-dealkylation sites (tertiary alicyclic amines) is 1. The number of thioether (sulfide) groups is 1. The molecule has 0 bridgehead atoms. The first-order valence-electron chi connectivity index (χ1n) is 9.34. The van der Waals surface area contributed by atoms with Crippen molar-refractivity contribution in [3.05, 3.63) is 53.3 Å². The molecule has 2 heterocycles. The molecule has 1 fully saturated rings. The van der Waals surface area contributed by atoms with Crippen LogP contribution in [0.15, 0.2) is 42.1 Å². The first kappa shape index (κ1) is 19.5. The Balaban J connectivity index is 1.69. The highest BCUT2D eigenvalue weighted by Crippen LogP contribution is 2.30. The summed E-state index contributed by atoms with van der Waals surface area (Å²) in [5.74, 6) is 2.45. The molecule has 0 unspecified atom stereocenters. The van der Waals surface area contributed by atoms with Crippen molar-refractivity contribution in [2.45, 2.75) is 49.6 Å². The van der Waals surface area contributed by atoms with Gasteiger partial charge in [0, 0.05) is 23.2 Å². The van der Waals surface area contributed by atoms with Crippen molar-refractivity contribution >= 4 is 23.4 Å². The maximum atomic E-state index is 6.09. The highest BCUT2D eigenvalue weighted by Gasteiger charge is 2.25. The fraction of sp³-hybridized carbons (Fsp3) is 0.500. The molecule has 0 aliphatic carbocycles. The summed E-state index contributed by atoms with van der Waals surface area (Å²) in [6, 6.07) is 7.99. The van der Waals surface area contributed by atoms with Gasteiger partial charge in [0.1, 0.15) is 5.82 Å². The van der Waals surface area contributed by atoms with Crippen molar-refractivity contribution in [1.82, 2.24) is 19.7 Å². The fourth-order valence-electron chi connectivity index (χ4n) is 3.52. The highest BCUT2D eigenvalue weighted by molar-refractivity contribution is 7.98. The summed E-state index contributed by atoms with van der Waals surface area (Å²) in [6.45, 7) is 10.4. The summed E-state index contributed by atoms with van der Waals surface area (Å²) in [6.07, 6.45) is 5.48. The molecule has 1 aliphatic rings. The quantitative estimate of drug-likeness (QED) is 0.469. The summed E-state index contributed by atoms with van der Waals surface area (Å²) >= 11 is 7.80. The molecule has 0 radical (unpaired) electrons. The van der Waals surface area contributed by atoms with Gasteiger partial charge in [0.05, 0.1) is 0 Å². The van der Waals surface area contributed by atoms with Gasteiger partial charge in [0.25, 0.3) is 0 Å². The van der Waals surface area contributed by atoms with Crippen LogP contribution in [0.3, 0.4) is 0 Å². The van der Waals surface area contributed by atoms with Crippen molar-refractivity contribution in [2.24, 2.45) is 0 Å². The van der Waals surface area contributed by atoms with Crippen molar-refractivity contribution in [2.75, 3.05) is 19.6 Å². The Bertz CT molecular complexity index is 722. The lowest BCUT2D eigenvalue weighted by Crippen LogP contribution is -2.34. The second-order valence-corrected chi connectivity index (χ2v) is 8.15. The van der Waals surface area contributed by atoms with Crippen LogP contribution in [0, 0.1) is 0 Å². The molecule has 0 atom stereocenters. The molecular weight excluding hydrogens is 364 g/mol. The van der Waals surface area contributed by atoms with E-state index in [1.165, 1.54) is 18.5 Å². The number of hydrogen-bond acceptors (Lipinski definition) is 4. The minimum atomic E-state index is 0.496. The molecule has 6 heteroatoms. The Morgan fingerprint density at radius 1 is 1.31 bits per heavy atom. The lowest BCUT2D eigenvalue weighted by molar-refractivity contribution is 0.208. The van der Waals surface area contributed by atoms with Gasteiger partial charge in [-0.3, -0.25) is 0 Å². The molecule has 2 aromatic rings. The number of aromatic nitrogens is 3. The molecule has 0 N–H and O–H groups in total. The number of halogens is 1. The van der Waals surface area contributed by atoms with Crippen LogP contribution in [0.25, 0.3) is 0 Å². The van der Waals surface area contributed by atoms with E-state index in [0.717, 1.165) is 54.2 Å². The minimum Gasteiger partial charge on any atom is -0.303 e. The van der Waals surface area contributed by atoms with Crippen LogP contribution >= 0.6 is 23.4 Å². The summed E-state index contributed by atoms with van der Waals surface area (Å²) in [5.41, 5.74) is 1.20. The fourth-order valence-corrected chi connectivity index (χ4v) is 4.63. The maximum Gasteiger partial charge on any atom is 0.191 e. The summed E-state index contributed by atoms with van der Waals surface area (Å²) in [7, 11) is 0. The van der Waals surface area contributed by atoms with E-state index in [1.807, 2.05) is 24.3 Å². The third-order valence-electron chi connectivity index (χ3n) is 4.81. The maximum absolute atomic E-state index is 6.09. The summed E-state index contributed by atoms with van der Waals surface area (Å²) in [5, 5.41) is 10.8. The van der Waals surface area contributed by atoms with Gasteiger partial charge in [-0.05, 0) is 56.6 Å². The van der Waals surface area contributed by atoms with E-state index in [0.29, 0.717) is 5.92 Å². The Labute approximate surface area is 165 Å². The van der Waals surface area contributed by atoms with Crippen molar-refractivity contribution in [3.63, 3.8) is 0 Å². The van der Waals surface area contributed by atoms with Crippen LogP contribution in [-0.2, 0) is 12.3 Å². The average Bonchev–Trinajstić information content (AvgIpc) is 3.04. The Morgan fingerprint density at radius 2 is 2.12 bits per heavy atom. The highest BCUT2D eigenvalue weighted by atomic mass is 35.5. The van der Waals surface area contributed by atoms with E-state index in [4.69, 9.17) is 11.6 Å². The summed E-state index contributed by atoms with van der Waals surface area (Å²) in [4.78, 5) is 2.56. The zero-order valence-electron chi connectivity index (χ0n) is 15.4. The molecule has 0 spiro atoms. The van der Waals surface area contributed by atoms with Gasteiger partial charge >= 0.3 is 0 Å². The first-order valence-corrected chi connectivity index (χ1v) is 10.7. The Morgan fingerprint density at radius 3 is 2.81 bits per heavy atom. The molecular formula is C20H27ClN4S. The number of benzene rings is 1. The molecule has 3 rings (SSSR count). The standard InChI is InChI=1S/C20H27ClN4S/c1-3-10-24-12-8-17(9-13-24)19-22-23-20(25(19)11-4-2)26-15-16-6-5-7-18(21)14-16/h4-7,14,17H,2-3,8-13,15H2,1H3. The molecule has 1 aromatic heterocycles. The van der Waals surface area contributed by atoms with Crippen LogP contribution in [0.1, 0.15) is 43.5 Å². The van der Waals surface area contributed by atoms with Gasteiger partial charge in [-0.2, -0.15) is 0 Å². The van der Waals surface area contributed by atoms with E-state index >= 15 is 0 Å². The van der Waals surface area contributed by atoms with Crippen LogP contribution in [0.5, 0.6) is 0 Å². The van der Waals surface area contributed by atoms with Crippen LogP contribution in [-0.4, -0.2) is 39.3 Å². The van der Waals surface area contributed by atoms with Crippen molar-refractivity contribution in [3.8, 4) is 0 Å². The third-order valence-corrected chi connectivity index (χ3v) is 6.08. The molecule has 1 aliphatic heterocycles. The van der Waals surface area contributed by atoms with E-state index in [-0.39, 0.29) is 0 Å². The Hall–Kier alpha value is -1.30. The number of allylic oxidation sites excluding steroid dienone is 1. The van der Waals surface area contributed by atoms with Gasteiger partial charge in [-0.25, -0.2) is 0 Å². The van der Waals surface area contributed by atoms with Crippen LogP contribution in [0.2, 0.25) is 5.02 Å². The van der Waals surface area contributed by atoms with Gasteiger partial charge in [-0.1, -0.05) is 48.5 Å².